The van der Waals surface area contributed by atoms with Crippen molar-refractivity contribution in [2.24, 2.45) is 0 Å². The van der Waals surface area contributed by atoms with Gasteiger partial charge in [0.1, 0.15) is 11.2 Å². The van der Waals surface area contributed by atoms with E-state index in [2.05, 4.69) is 255 Å². The molecule has 0 amide bonds. The number of fused-ring (bicyclic) bond motifs is 9. The van der Waals surface area contributed by atoms with Crippen LogP contribution in [-0.2, 0) is 10.8 Å². The highest BCUT2D eigenvalue weighted by Crippen LogP contribution is 2.59. The zero-order valence-corrected chi connectivity index (χ0v) is 36.9. The van der Waals surface area contributed by atoms with Crippen LogP contribution in [0.3, 0.4) is 0 Å². The number of nitrogens with zero attached hydrogens (tertiary/aromatic N) is 1. The maximum Gasteiger partial charge on any atom is 0.136 e. The molecule has 1 aromatic heterocycles. The van der Waals surface area contributed by atoms with Gasteiger partial charge >= 0.3 is 0 Å². The molecule has 2 aliphatic carbocycles. The molecule has 0 aliphatic heterocycles. The van der Waals surface area contributed by atoms with Gasteiger partial charge in [-0.05, 0) is 121 Å². The van der Waals surface area contributed by atoms with E-state index < -0.39 is 5.41 Å². The molecule has 0 N–H and O–H groups in total. The monoisotopic (exact) mass is 843 g/mol. The third-order valence-electron chi connectivity index (χ3n) is 14.5. The van der Waals surface area contributed by atoms with Crippen molar-refractivity contribution in [2.75, 3.05) is 4.90 Å². The van der Waals surface area contributed by atoms with E-state index in [9.17, 15) is 0 Å². The molecule has 0 spiro atoms. The summed E-state index contributed by atoms with van der Waals surface area (Å²) >= 11 is 0. The molecule has 11 aromatic rings. The molecule has 0 unspecified atom stereocenters. The minimum absolute atomic E-state index is 0.271. The number of furan rings is 1. The summed E-state index contributed by atoms with van der Waals surface area (Å²) in [7, 11) is 0. The fourth-order valence-electron chi connectivity index (χ4n) is 11.6. The van der Waals surface area contributed by atoms with E-state index >= 15 is 0 Å². The Kier molecular flexibility index (Phi) is 8.51. The Morgan fingerprint density at radius 2 is 0.894 bits per heavy atom. The quantitative estimate of drug-likeness (QED) is 0.159. The van der Waals surface area contributed by atoms with Gasteiger partial charge in [0.2, 0.25) is 0 Å². The zero-order valence-electron chi connectivity index (χ0n) is 36.9. The van der Waals surface area contributed by atoms with Crippen molar-refractivity contribution in [1.82, 2.24) is 0 Å². The lowest BCUT2D eigenvalue weighted by Gasteiger charge is -2.35. The topological polar surface area (TPSA) is 16.4 Å². The SMILES string of the molecule is CC1(C)c2ccc(N(c3ccc(-c4ccccc4)cc3)c3ccc4c(c3)C(c3ccccc3)(c3ccccc3)c3ccccc3-4)cc2-c2c1cc1oc3ccccc3c1c2-c1ccccc1. The Labute approximate surface area is 385 Å². The summed E-state index contributed by atoms with van der Waals surface area (Å²) in [6.07, 6.45) is 0. The predicted molar refractivity (Wildman–Crippen MR) is 274 cm³/mol. The van der Waals surface area contributed by atoms with Crippen LogP contribution in [0.1, 0.15) is 47.2 Å². The van der Waals surface area contributed by atoms with Crippen LogP contribution in [-0.4, -0.2) is 0 Å². The van der Waals surface area contributed by atoms with Gasteiger partial charge in [0.05, 0.1) is 5.41 Å². The lowest BCUT2D eigenvalue weighted by Crippen LogP contribution is -2.28. The minimum atomic E-state index is -0.530. The van der Waals surface area contributed by atoms with Gasteiger partial charge < -0.3 is 9.32 Å². The smallest absolute Gasteiger partial charge is 0.136 e. The molecule has 1 heterocycles. The van der Waals surface area contributed by atoms with E-state index in [4.69, 9.17) is 4.42 Å². The summed E-state index contributed by atoms with van der Waals surface area (Å²) in [5.41, 5.74) is 21.8. The second-order valence-electron chi connectivity index (χ2n) is 18.4. The third kappa shape index (κ3) is 5.55. The van der Waals surface area contributed by atoms with Gasteiger partial charge in [0.25, 0.3) is 0 Å². The number of benzene rings is 10. The number of hydrogen-bond donors (Lipinski definition) is 0. The largest absolute Gasteiger partial charge is 0.456 e. The van der Waals surface area contributed by atoms with Crippen LogP contribution in [0.2, 0.25) is 0 Å². The van der Waals surface area contributed by atoms with Gasteiger partial charge in [-0.25, -0.2) is 0 Å². The van der Waals surface area contributed by atoms with E-state index in [1.807, 2.05) is 0 Å². The van der Waals surface area contributed by atoms with Gasteiger partial charge in [0, 0.05) is 38.8 Å². The first kappa shape index (κ1) is 38.3. The summed E-state index contributed by atoms with van der Waals surface area (Å²) in [6.45, 7) is 4.73. The third-order valence-corrected chi connectivity index (χ3v) is 14.5. The van der Waals surface area contributed by atoms with Crippen molar-refractivity contribution in [2.45, 2.75) is 24.7 Å². The van der Waals surface area contributed by atoms with Crippen LogP contribution in [0, 0.1) is 0 Å². The number of para-hydroxylation sites is 1. The molecular formula is C64H45NO. The highest BCUT2D eigenvalue weighted by molar-refractivity contribution is 6.18. The van der Waals surface area contributed by atoms with E-state index in [0.29, 0.717) is 0 Å². The van der Waals surface area contributed by atoms with Crippen LogP contribution < -0.4 is 4.90 Å². The maximum absolute atomic E-state index is 6.68. The molecule has 2 aliphatic rings. The molecule has 312 valence electrons. The lowest BCUT2D eigenvalue weighted by atomic mass is 9.67. The van der Waals surface area contributed by atoms with Crippen LogP contribution >= 0.6 is 0 Å². The predicted octanol–water partition coefficient (Wildman–Crippen LogP) is 17.1. The average molecular weight is 844 g/mol. The molecule has 2 heteroatoms. The Morgan fingerprint density at radius 1 is 0.348 bits per heavy atom. The van der Waals surface area contributed by atoms with Crippen molar-refractivity contribution in [1.29, 1.82) is 0 Å². The molecule has 0 fully saturated rings. The molecule has 66 heavy (non-hydrogen) atoms. The normalized spacial score (nSPS) is 13.8. The fraction of sp³-hybridized carbons (Fsp3) is 0.0625. The second kappa shape index (κ2) is 14.7. The molecule has 13 rings (SSSR count). The summed E-state index contributed by atoms with van der Waals surface area (Å²) in [6, 6.07) is 87.0. The standard InChI is InChI=1S/C64H45NO/c1-63(2)54-38-36-48(39-53(54)61-57(63)41-59-62(52-28-16-18-30-58(52)66-59)60(61)44-21-9-4-10-22-44)65(47-33-31-43(32-34-47)42-19-7-3-8-20-42)49-35-37-51-50-27-15-17-29-55(50)64(56(51)40-49,45-23-11-5-12-24-45)46-25-13-6-14-26-46/h3-41H,1-2H3. The van der Waals surface area contributed by atoms with E-state index in [0.717, 1.165) is 39.0 Å². The Morgan fingerprint density at radius 3 is 1.61 bits per heavy atom. The highest BCUT2D eigenvalue weighted by atomic mass is 16.3. The first-order valence-corrected chi connectivity index (χ1v) is 23.0. The first-order valence-electron chi connectivity index (χ1n) is 23.0. The van der Waals surface area contributed by atoms with Gasteiger partial charge in [0.15, 0.2) is 0 Å². The van der Waals surface area contributed by atoms with E-state index in [-0.39, 0.29) is 5.41 Å². The summed E-state index contributed by atoms with van der Waals surface area (Å²) < 4.78 is 6.68. The maximum atomic E-state index is 6.68. The van der Waals surface area contributed by atoms with Crippen molar-refractivity contribution in [3.63, 3.8) is 0 Å². The summed E-state index contributed by atoms with van der Waals surface area (Å²) in [4.78, 5) is 2.47. The van der Waals surface area contributed by atoms with Gasteiger partial charge in [-0.3, -0.25) is 0 Å². The van der Waals surface area contributed by atoms with Crippen molar-refractivity contribution < 1.29 is 4.42 Å². The number of hydrogen-bond acceptors (Lipinski definition) is 2. The van der Waals surface area contributed by atoms with Gasteiger partial charge in [-0.2, -0.15) is 0 Å². The van der Waals surface area contributed by atoms with Crippen molar-refractivity contribution in [3.05, 3.63) is 270 Å². The van der Waals surface area contributed by atoms with Crippen LogP contribution in [0.5, 0.6) is 0 Å². The molecule has 0 atom stereocenters. The van der Waals surface area contributed by atoms with Gasteiger partial charge in [-0.1, -0.05) is 202 Å². The van der Waals surface area contributed by atoms with Crippen molar-refractivity contribution >= 4 is 39.0 Å². The van der Waals surface area contributed by atoms with E-state index in [1.54, 1.807) is 0 Å². The first-order chi connectivity index (χ1) is 32.5. The fourth-order valence-corrected chi connectivity index (χ4v) is 11.6. The molecule has 0 radical (unpaired) electrons. The van der Waals surface area contributed by atoms with Crippen LogP contribution in [0.4, 0.5) is 17.1 Å². The minimum Gasteiger partial charge on any atom is -0.456 e. The Balaban J connectivity index is 1.08. The summed E-state index contributed by atoms with van der Waals surface area (Å²) in [5.74, 6) is 0. The van der Waals surface area contributed by atoms with E-state index in [1.165, 1.54) is 77.9 Å². The van der Waals surface area contributed by atoms with Crippen LogP contribution in [0.15, 0.2) is 241 Å². The highest BCUT2D eigenvalue weighted by Gasteiger charge is 2.46. The number of anilines is 3. The molecule has 0 bridgehead atoms. The number of rotatable bonds is 7. The molecule has 0 saturated heterocycles. The second-order valence-corrected chi connectivity index (χ2v) is 18.4. The molecule has 0 saturated carbocycles. The zero-order chi connectivity index (χ0) is 44.0. The lowest BCUT2D eigenvalue weighted by molar-refractivity contribution is 0.647. The average Bonchev–Trinajstić information content (AvgIpc) is 3.98. The molecular weight excluding hydrogens is 799 g/mol. The van der Waals surface area contributed by atoms with Gasteiger partial charge in [-0.15, -0.1) is 0 Å². The Hall–Kier alpha value is -8.20. The Bertz CT molecular complexity index is 3600. The van der Waals surface area contributed by atoms with Crippen LogP contribution in [0.25, 0.3) is 66.4 Å². The summed E-state index contributed by atoms with van der Waals surface area (Å²) in [5, 5.41) is 2.30. The molecule has 2 nitrogen and oxygen atoms in total. The molecule has 10 aromatic carbocycles. The van der Waals surface area contributed by atoms with Crippen molar-refractivity contribution in [3.8, 4) is 44.5 Å².